The van der Waals surface area contributed by atoms with Crippen molar-refractivity contribution >= 4 is 31.9 Å². The smallest absolute Gasteiger partial charge is 0.137 e. The van der Waals surface area contributed by atoms with E-state index in [9.17, 15) is 0 Å². The number of ether oxygens (including phenoxy) is 1. The lowest BCUT2D eigenvalue weighted by molar-refractivity contribution is 0.370. The standard InChI is InChI=1S/C15H21Br2NO/c1-10(11-5-3-4-6-11)18-9-12-7-13(16)8-14(17)15(12)19-2/h7-8,10-11,18H,3-6,9H2,1-2H3/t10-/m1/s1. The van der Waals surface area contributed by atoms with Gasteiger partial charge >= 0.3 is 0 Å². The van der Waals surface area contributed by atoms with Crippen LogP contribution < -0.4 is 10.1 Å². The molecule has 0 saturated heterocycles. The summed E-state index contributed by atoms with van der Waals surface area (Å²) in [4.78, 5) is 0. The third-order valence-corrected chi connectivity index (χ3v) is 5.06. The summed E-state index contributed by atoms with van der Waals surface area (Å²) in [6.07, 6.45) is 5.52. The lowest BCUT2D eigenvalue weighted by Crippen LogP contribution is -2.31. The largest absolute Gasteiger partial charge is 0.495 e. The van der Waals surface area contributed by atoms with E-state index in [1.165, 1.54) is 31.2 Å². The van der Waals surface area contributed by atoms with Gasteiger partial charge in [-0.2, -0.15) is 0 Å². The summed E-state index contributed by atoms with van der Waals surface area (Å²) in [5.41, 5.74) is 1.19. The Balaban J connectivity index is 2.02. The second-order valence-corrected chi connectivity index (χ2v) is 7.06. The highest BCUT2D eigenvalue weighted by Crippen LogP contribution is 2.33. The quantitative estimate of drug-likeness (QED) is 0.772. The topological polar surface area (TPSA) is 21.3 Å². The number of rotatable bonds is 5. The maximum absolute atomic E-state index is 5.48. The molecule has 2 rings (SSSR count). The van der Waals surface area contributed by atoms with Gasteiger partial charge in [0.25, 0.3) is 0 Å². The van der Waals surface area contributed by atoms with Crippen LogP contribution in [0, 0.1) is 5.92 Å². The first-order valence-corrected chi connectivity index (χ1v) is 8.45. The van der Waals surface area contributed by atoms with Gasteiger partial charge in [0.2, 0.25) is 0 Å². The molecule has 0 unspecified atom stereocenters. The molecule has 1 saturated carbocycles. The number of methoxy groups -OCH3 is 1. The van der Waals surface area contributed by atoms with Crippen LogP contribution in [0.15, 0.2) is 21.1 Å². The summed E-state index contributed by atoms with van der Waals surface area (Å²) >= 11 is 7.08. The fourth-order valence-electron chi connectivity index (χ4n) is 2.87. The van der Waals surface area contributed by atoms with Crippen LogP contribution in [-0.4, -0.2) is 13.2 Å². The molecular weight excluding hydrogens is 370 g/mol. The average molecular weight is 391 g/mol. The fourth-order valence-corrected chi connectivity index (χ4v) is 4.34. The third kappa shape index (κ3) is 3.96. The maximum Gasteiger partial charge on any atom is 0.137 e. The Labute approximate surface area is 132 Å². The van der Waals surface area contributed by atoms with E-state index in [-0.39, 0.29) is 0 Å². The van der Waals surface area contributed by atoms with E-state index in [1.54, 1.807) is 7.11 Å². The molecule has 0 aromatic heterocycles. The monoisotopic (exact) mass is 389 g/mol. The Kier molecular flexibility index (Phi) is 5.72. The van der Waals surface area contributed by atoms with Crippen LogP contribution in [0.1, 0.15) is 38.2 Å². The first-order valence-electron chi connectivity index (χ1n) is 6.87. The number of hydrogen-bond donors (Lipinski definition) is 1. The van der Waals surface area contributed by atoms with E-state index in [0.717, 1.165) is 27.2 Å². The van der Waals surface area contributed by atoms with Crippen molar-refractivity contribution in [2.45, 2.75) is 45.2 Å². The lowest BCUT2D eigenvalue weighted by atomic mass is 9.99. The van der Waals surface area contributed by atoms with Crippen LogP contribution in [0.3, 0.4) is 0 Å². The summed E-state index contributed by atoms with van der Waals surface area (Å²) in [5.74, 6) is 1.76. The van der Waals surface area contributed by atoms with Gasteiger partial charge in [0.1, 0.15) is 5.75 Å². The molecule has 1 aliphatic rings. The van der Waals surface area contributed by atoms with Gasteiger partial charge < -0.3 is 10.1 Å². The molecule has 0 aliphatic heterocycles. The second-order valence-electron chi connectivity index (χ2n) is 5.29. The summed E-state index contributed by atoms with van der Waals surface area (Å²) in [7, 11) is 1.72. The van der Waals surface area contributed by atoms with Gasteiger partial charge in [-0.05, 0) is 53.7 Å². The van der Waals surface area contributed by atoms with Crippen molar-refractivity contribution in [3.63, 3.8) is 0 Å². The van der Waals surface area contributed by atoms with Crippen LogP contribution in [0.2, 0.25) is 0 Å². The van der Waals surface area contributed by atoms with Crippen LogP contribution >= 0.6 is 31.9 Å². The normalized spacial score (nSPS) is 17.7. The highest BCUT2D eigenvalue weighted by atomic mass is 79.9. The molecule has 1 aromatic rings. The van der Waals surface area contributed by atoms with Gasteiger partial charge in [0.15, 0.2) is 0 Å². The van der Waals surface area contributed by atoms with E-state index >= 15 is 0 Å². The minimum absolute atomic E-state index is 0.574. The summed E-state index contributed by atoms with van der Waals surface area (Å²) in [6, 6.07) is 4.71. The Morgan fingerprint density at radius 3 is 2.63 bits per heavy atom. The van der Waals surface area contributed by atoms with Crippen LogP contribution in [0.5, 0.6) is 5.75 Å². The minimum atomic E-state index is 0.574. The van der Waals surface area contributed by atoms with Crippen molar-refractivity contribution in [1.29, 1.82) is 0 Å². The van der Waals surface area contributed by atoms with Crippen LogP contribution in [0.4, 0.5) is 0 Å². The van der Waals surface area contributed by atoms with Gasteiger partial charge in [-0.25, -0.2) is 0 Å². The van der Waals surface area contributed by atoms with E-state index in [1.807, 2.05) is 6.07 Å². The van der Waals surface area contributed by atoms with Gasteiger partial charge in [-0.1, -0.05) is 28.8 Å². The van der Waals surface area contributed by atoms with Crippen molar-refractivity contribution in [2.24, 2.45) is 5.92 Å². The minimum Gasteiger partial charge on any atom is -0.495 e. The molecule has 0 spiro atoms. The number of benzene rings is 1. The van der Waals surface area contributed by atoms with Crippen molar-refractivity contribution in [3.05, 3.63) is 26.6 Å². The molecule has 4 heteroatoms. The third-order valence-electron chi connectivity index (χ3n) is 4.01. The molecular formula is C15H21Br2NO. The highest BCUT2D eigenvalue weighted by Gasteiger charge is 2.21. The second kappa shape index (κ2) is 7.09. The maximum atomic E-state index is 5.48. The Bertz CT molecular complexity index is 430. The fraction of sp³-hybridized carbons (Fsp3) is 0.600. The first kappa shape index (κ1) is 15.3. The Morgan fingerprint density at radius 2 is 2.00 bits per heavy atom. The lowest BCUT2D eigenvalue weighted by Gasteiger charge is -2.21. The summed E-state index contributed by atoms with van der Waals surface area (Å²) in [5, 5.41) is 3.65. The van der Waals surface area contributed by atoms with Gasteiger partial charge in [-0.15, -0.1) is 0 Å². The number of hydrogen-bond acceptors (Lipinski definition) is 2. The van der Waals surface area contributed by atoms with Crippen LogP contribution in [0.25, 0.3) is 0 Å². The molecule has 19 heavy (non-hydrogen) atoms. The van der Waals surface area contributed by atoms with Crippen molar-refractivity contribution in [2.75, 3.05) is 7.11 Å². The highest BCUT2D eigenvalue weighted by molar-refractivity contribution is 9.11. The zero-order valence-corrected chi connectivity index (χ0v) is 14.7. The molecule has 2 nitrogen and oxygen atoms in total. The van der Waals surface area contributed by atoms with Crippen LogP contribution in [-0.2, 0) is 6.54 Å². The summed E-state index contributed by atoms with van der Waals surface area (Å²) < 4.78 is 7.55. The summed E-state index contributed by atoms with van der Waals surface area (Å²) in [6.45, 7) is 3.15. The molecule has 1 aromatic carbocycles. The molecule has 0 bridgehead atoms. The Hall–Kier alpha value is -0.0600. The average Bonchev–Trinajstić information content (AvgIpc) is 2.89. The zero-order valence-electron chi connectivity index (χ0n) is 11.5. The molecule has 1 aliphatic carbocycles. The number of halogens is 2. The zero-order chi connectivity index (χ0) is 13.8. The van der Waals surface area contributed by atoms with Gasteiger partial charge in [0.05, 0.1) is 11.6 Å². The van der Waals surface area contributed by atoms with E-state index in [4.69, 9.17) is 4.74 Å². The van der Waals surface area contributed by atoms with E-state index < -0.39 is 0 Å². The van der Waals surface area contributed by atoms with E-state index in [2.05, 4.69) is 50.2 Å². The Morgan fingerprint density at radius 1 is 1.32 bits per heavy atom. The van der Waals surface area contributed by atoms with Crippen molar-refractivity contribution in [3.8, 4) is 5.75 Å². The molecule has 0 heterocycles. The van der Waals surface area contributed by atoms with Gasteiger partial charge in [-0.3, -0.25) is 0 Å². The molecule has 106 valence electrons. The molecule has 0 radical (unpaired) electrons. The SMILES string of the molecule is COc1c(Br)cc(Br)cc1CN[C@H](C)C1CCCC1. The van der Waals surface area contributed by atoms with Gasteiger partial charge in [0, 0.05) is 22.6 Å². The molecule has 1 N–H and O–H groups in total. The van der Waals surface area contributed by atoms with Crippen molar-refractivity contribution in [1.82, 2.24) is 5.32 Å². The predicted molar refractivity (Wildman–Crippen MR) is 86.7 cm³/mol. The predicted octanol–water partition coefficient (Wildman–Crippen LogP) is 4.89. The first-order chi connectivity index (χ1) is 9.11. The molecule has 1 fully saturated rings. The molecule has 0 amide bonds. The van der Waals surface area contributed by atoms with E-state index in [0.29, 0.717) is 6.04 Å². The van der Waals surface area contributed by atoms with Crippen molar-refractivity contribution < 1.29 is 4.74 Å². The molecule has 1 atom stereocenters. The number of nitrogens with one attached hydrogen (secondary N) is 1.